The van der Waals surface area contributed by atoms with Crippen molar-refractivity contribution in [3.05, 3.63) is 16.1 Å². The Hall–Kier alpha value is -1.14. The van der Waals surface area contributed by atoms with Crippen LogP contribution in [0.5, 0.6) is 0 Å². The van der Waals surface area contributed by atoms with Crippen molar-refractivity contribution < 1.29 is 0 Å². The van der Waals surface area contributed by atoms with Crippen LogP contribution < -0.4 is 10.6 Å². The number of aromatic nitrogens is 1. The van der Waals surface area contributed by atoms with E-state index in [1.54, 1.807) is 11.3 Å². The third-order valence-electron chi connectivity index (χ3n) is 4.60. The molecule has 1 aliphatic heterocycles. The predicted octanol–water partition coefficient (Wildman–Crippen LogP) is 3.24. The molecule has 0 aromatic carbocycles. The minimum atomic E-state index is 0.519. The Morgan fingerprint density at radius 3 is 2.56 bits per heavy atom. The first-order valence-corrected chi connectivity index (χ1v) is 10.7. The normalized spacial score (nSPS) is 16.9. The van der Waals surface area contributed by atoms with Crippen LogP contribution in [0.2, 0.25) is 0 Å². The zero-order valence-electron chi connectivity index (χ0n) is 16.2. The number of hydrogen-bond acceptors (Lipinski definition) is 4. The molecule has 0 saturated carbocycles. The van der Waals surface area contributed by atoms with E-state index in [2.05, 4.69) is 44.7 Å². The van der Waals surface area contributed by atoms with E-state index < -0.39 is 0 Å². The van der Waals surface area contributed by atoms with Crippen LogP contribution in [0.15, 0.2) is 10.4 Å². The van der Waals surface area contributed by atoms with Crippen LogP contribution >= 0.6 is 11.3 Å². The molecule has 2 rings (SSSR count). The fourth-order valence-electron chi connectivity index (χ4n) is 3.10. The van der Waals surface area contributed by atoms with Crippen LogP contribution in [0.3, 0.4) is 0 Å². The largest absolute Gasteiger partial charge is 0.356 e. The molecule has 6 heteroatoms. The molecule has 0 aliphatic carbocycles. The first-order chi connectivity index (χ1) is 12.2. The number of hydrogen-bond donors (Lipinski definition) is 2. The summed E-state index contributed by atoms with van der Waals surface area (Å²) in [5, 5.41) is 10.2. The number of thiazole rings is 1. The molecule has 2 heterocycles. The van der Waals surface area contributed by atoms with Crippen LogP contribution in [-0.2, 0) is 6.42 Å². The zero-order chi connectivity index (χ0) is 17.9. The second kappa shape index (κ2) is 11.5. The van der Waals surface area contributed by atoms with E-state index in [4.69, 9.17) is 0 Å². The summed E-state index contributed by atoms with van der Waals surface area (Å²) in [6, 6.07) is 0. The second-order valence-corrected chi connectivity index (χ2v) is 8.01. The van der Waals surface area contributed by atoms with E-state index in [0.29, 0.717) is 5.92 Å². The number of nitrogens with one attached hydrogen (secondary N) is 2. The Morgan fingerprint density at radius 1 is 1.20 bits per heavy atom. The van der Waals surface area contributed by atoms with Crippen molar-refractivity contribution in [3.63, 3.8) is 0 Å². The van der Waals surface area contributed by atoms with Crippen LogP contribution in [0.25, 0.3) is 0 Å². The molecule has 1 aromatic rings. The fourth-order valence-corrected chi connectivity index (χ4v) is 3.97. The van der Waals surface area contributed by atoms with Gasteiger partial charge < -0.3 is 15.5 Å². The minimum absolute atomic E-state index is 0.519. The van der Waals surface area contributed by atoms with Gasteiger partial charge in [-0.05, 0) is 38.9 Å². The van der Waals surface area contributed by atoms with E-state index in [1.165, 1.54) is 62.4 Å². The number of rotatable bonds is 8. The summed E-state index contributed by atoms with van der Waals surface area (Å²) in [5.41, 5.74) is 1.18. The smallest absolute Gasteiger partial charge is 0.190 e. The van der Waals surface area contributed by atoms with Crippen LogP contribution in [0.4, 0.5) is 0 Å². The van der Waals surface area contributed by atoms with Crippen molar-refractivity contribution in [2.75, 3.05) is 39.8 Å². The molecular weight excluding hydrogens is 330 g/mol. The molecule has 0 unspecified atom stereocenters. The summed E-state index contributed by atoms with van der Waals surface area (Å²) < 4.78 is 0. The topological polar surface area (TPSA) is 52.6 Å². The first kappa shape index (κ1) is 20.2. The van der Waals surface area contributed by atoms with Crippen molar-refractivity contribution in [3.8, 4) is 0 Å². The van der Waals surface area contributed by atoms with E-state index >= 15 is 0 Å². The van der Waals surface area contributed by atoms with Gasteiger partial charge in [-0.1, -0.05) is 26.7 Å². The molecule has 1 aliphatic rings. The Bertz CT molecular complexity index is 504. The summed E-state index contributed by atoms with van der Waals surface area (Å²) >= 11 is 1.76. The maximum absolute atomic E-state index is 4.68. The van der Waals surface area contributed by atoms with Gasteiger partial charge in [-0.15, -0.1) is 11.3 Å². The summed E-state index contributed by atoms with van der Waals surface area (Å²) in [7, 11) is 1.84. The Balaban J connectivity index is 1.58. The van der Waals surface area contributed by atoms with Gasteiger partial charge in [0.1, 0.15) is 0 Å². The van der Waals surface area contributed by atoms with Gasteiger partial charge in [0, 0.05) is 37.9 Å². The van der Waals surface area contributed by atoms with E-state index in [0.717, 1.165) is 25.5 Å². The standard InChI is InChI=1S/C19H35N5S/c1-16(2)18-23-17(15-25-18)9-11-22-19(20-3)21-10-8-14-24-12-6-4-5-7-13-24/h15-16H,4-14H2,1-3H3,(H2,20,21,22). The van der Waals surface area contributed by atoms with Gasteiger partial charge in [0.2, 0.25) is 0 Å². The second-order valence-electron chi connectivity index (χ2n) is 7.12. The maximum Gasteiger partial charge on any atom is 0.190 e. The lowest BCUT2D eigenvalue weighted by Crippen LogP contribution is -2.39. The molecule has 0 amide bonds. The SMILES string of the molecule is CN=C(NCCCN1CCCCCC1)NCCc1csc(C(C)C)n1. The fraction of sp³-hybridized carbons (Fsp3) is 0.789. The highest BCUT2D eigenvalue weighted by Crippen LogP contribution is 2.19. The highest BCUT2D eigenvalue weighted by atomic mass is 32.1. The molecule has 0 spiro atoms. The average Bonchev–Trinajstić information content (AvgIpc) is 2.93. The van der Waals surface area contributed by atoms with Crippen molar-refractivity contribution in [1.29, 1.82) is 0 Å². The van der Waals surface area contributed by atoms with Crippen LogP contribution in [0, 0.1) is 0 Å². The highest BCUT2D eigenvalue weighted by molar-refractivity contribution is 7.09. The average molecular weight is 366 g/mol. The molecule has 142 valence electrons. The first-order valence-electron chi connectivity index (χ1n) is 9.80. The molecular formula is C19H35N5S. The summed E-state index contributed by atoms with van der Waals surface area (Å²) in [5.74, 6) is 1.42. The highest BCUT2D eigenvalue weighted by Gasteiger charge is 2.08. The molecule has 1 aromatic heterocycles. The lowest BCUT2D eigenvalue weighted by atomic mass is 10.2. The molecule has 25 heavy (non-hydrogen) atoms. The van der Waals surface area contributed by atoms with E-state index in [-0.39, 0.29) is 0 Å². The molecule has 5 nitrogen and oxygen atoms in total. The summed E-state index contributed by atoms with van der Waals surface area (Å²) in [6.45, 7) is 9.98. The van der Waals surface area contributed by atoms with Gasteiger partial charge in [0.05, 0.1) is 10.7 Å². The summed E-state index contributed by atoms with van der Waals surface area (Å²) in [6.07, 6.45) is 7.66. The maximum atomic E-state index is 4.68. The lowest BCUT2D eigenvalue weighted by molar-refractivity contribution is 0.282. The molecule has 1 saturated heterocycles. The van der Waals surface area contributed by atoms with E-state index in [1.807, 2.05) is 7.05 Å². The minimum Gasteiger partial charge on any atom is -0.356 e. The third kappa shape index (κ3) is 7.74. The van der Waals surface area contributed by atoms with Gasteiger partial charge >= 0.3 is 0 Å². The lowest BCUT2D eigenvalue weighted by Gasteiger charge is -2.20. The quantitative estimate of drug-likeness (QED) is 0.422. The van der Waals surface area contributed by atoms with Crippen LogP contribution in [-0.4, -0.2) is 55.6 Å². The Kier molecular flexibility index (Phi) is 9.26. The molecule has 2 N–H and O–H groups in total. The molecule has 0 bridgehead atoms. The number of likely N-dealkylation sites (tertiary alicyclic amines) is 1. The number of aliphatic imine (C=N–C) groups is 1. The predicted molar refractivity (Wildman–Crippen MR) is 109 cm³/mol. The zero-order valence-corrected chi connectivity index (χ0v) is 17.0. The van der Waals surface area contributed by atoms with Crippen LogP contribution in [0.1, 0.15) is 62.6 Å². The summed E-state index contributed by atoms with van der Waals surface area (Å²) in [4.78, 5) is 11.6. The number of guanidine groups is 1. The van der Waals surface area contributed by atoms with Gasteiger partial charge in [-0.25, -0.2) is 4.98 Å². The van der Waals surface area contributed by atoms with Crippen molar-refractivity contribution in [2.45, 2.75) is 58.3 Å². The van der Waals surface area contributed by atoms with Gasteiger partial charge in [0.15, 0.2) is 5.96 Å². The molecule has 0 radical (unpaired) electrons. The van der Waals surface area contributed by atoms with E-state index in [9.17, 15) is 0 Å². The Labute approximate surface area is 157 Å². The van der Waals surface area contributed by atoms with Gasteiger partial charge in [-0.3, -0.25) is 4.99 Å². The van der Waals surface area contributed by atoms with Gasteiger partial charge in [0.25, 0.3) is 0 Å². The molecule has 0 atom stereocenters. The third-order valence-corrected chi connectivity index (χ3v) is 5.80. The van der Waals surface area contributed by atoms with Crippen molar-refractivity contribution in [1.82, 2.24) is 20.5 Å². The molecule has 1 fully saturated rings. The Morgan fingerprint density at radius 2 is 1.92 bits per heavy atom. The number of nitrogens with zero attached hydrogens (tertiary/aromatic N) is 3. The van der Waals surface area contributed by atoms with Crippen molar-refractivity contribution in [2.24, 2.45) is 4.99 Å². The monoisotopic (exact) mass is 365 g/mol. The van der Waals surface area contributed by atoms with Gasteiger partial charge in [-0.2, -0.15) is 0 Å². The van der Waals surface area contributed by atoms with Crippen molar-refractivity contribution >= 4 is 17.3 Å².